The van der Waals surface area contributed by atoms with E-state index in [4.69, 9.17) is 18.0 Å². The van der Waals surface area contributed by atoms with Crippen LogP contribution in [-0.4, -0.2) is 20.7 Å². The predicted molar refractivity (Wildman–Crippen MR) is 85.6 cm³/mol. The Bertz CT molecular complexity index is 489. The largest absolute Gasteiger partial charge is 0.392 e. The van der Waals surface area contributed by atoms with Gasteiger partial charge in [0.1, 0.15) is 5.82 Å². The molecule has 3 N–H and O–H groups in total. The van der Waals surface area contributed by atoms with Gasteiger partial charge < -0.3 is 11.1 Å². The van der Waals surface area contributed by atoms with Crippen molar-refractivity contribution in [3.8, 4) is 0 Å². The number of nitrogens with zero attached hydrogens (tertiary/aromatic N) is 2. The molecule has 6 heteroatoms. The molecule has 0 saturated carbocycles. The van der Waals surface area contributed by atoms with Crippen molar-refractivity contribution >= 4 is 28.9 Å². The Labute approximate surface area is 125 Å². The summed E-state index contributed by atoms with van der Waals surface area (Å²) in [5.74, 6) is 0.539. The Morgan fingerprint density at radius 2 is 2.00 bits per heavy atom. The minimum Gasteiger partial charge on any atom is -0.392 e. The maximum Gasteiger partial charge on any atom is 0.238 e. The zero-order valence-electron chi connectivity index (χ0n) is 12.7. The molecule has 1 rings (SSSR count). The maximum atomic E-state index is 12.7. The second-order valence-electron chi connectivity index (χ2n) is 5.20. The summed E-state index contributed by atoms with van der Waals surface area (Å²) in [4.78, 5) is 13.0. The summed E-state index contributed by atoms with van der Waals surface area (Å²) in [6.07, 6.45) is 3.04. The molecule has 0 aromatic carbocycles. The van der Waals surface area contributed by atoms with E-state index in [1.807, 2.05) is 26.8 Å². The number of hydrogen-bond donors (Lipinski definition) is 2. The number of carbonyl (C=O) groups is 1. The highest BCUT2D eigenvalue weighted by Crippen LogP contribution is 2.32. The molecule has 0 aliphatic heterocycles. The van der Waals surface area contributed by atoms with Crippen LogP contribution in [0.2, 0.25) is 0 Å². The van der Waals surface area contributed by atoms with Crippen molar-refractivity contribution in [1.82, 2.24) is 9.78 Å². The number of anilines is 1. The third kappa shape index (κ3) is 3.36. The van der Waals surface area contributed by atoms with Crippen LogP contribution < -0.4 is 11.1 Å². The highest BCUT2D eigenvalue weighted by molar-refractivity contribution is 7.80. The molecule has 1 aromatic heterocycles. The second-order valence-corrected chi connectivity index (χ2v) is 5.63. The Hall–Kier alpha value is -1.43. The molecule has 5 nitrogen and oxygen atoms in total. The van der Waals surface area contributed by atoms with Crippen molar-refractivity contribution in [3.63, 3.8) is 0 Å². The number of nitrogens with one attached hydrogen (secondary N) is 1. The Morgan fingerprint density at radius 3 is 2.35 bits per heavy atom. The number of amides is 1. The standard InChI is InChI=1S/C14H24N4OS/c1-5-7-14(8-6-2,12(15)20)13(19)16-11-9-10(3)17-18(11)4/h9H,5-8H2,1-4H3,(H2,15,20)(H,16,19). The average Bonchev–Trinajstić information content (AvgIpc) is 2.66. The molecule has 0 saturated heterocycles. The number of carbonyl (C=O) groups excluding carboxylic acids is 1. The summed E-state index contributed by atoms with van der Waals surface area (Å²) in [7, 11) is 1.80. The van der Waals surface area contributed by atoms with Crippen LogP contribution in [0, 0.1) is 12.3 Å². The fourth-order valence-corrected chi connectivity index (χ4v) is 2.82. The molecule has 1 amide bonds. The number of rotatable bonds is 7. The fourth-order valence-electron chi connectivity index (χ4n) is 2.53. The van der Waals surface area contributed by atoms with Gasteiger partial charge in [-0.3, -0.25) is 9.48 Å². The molecular formula is C14H24N4OS. The summed E-state index contributed by atoms with van der Waals surface area (Å²) < 4.78 is 1.65. The third-order valence-electron chi connectivity index (χ3n) is 3.50. The van der Waals surface area contributed by atoms with Gasteiger partial charge in [-0.05, 0) is 19.8 Å². The van der Waals surface area contributed by atoms with Gasteiger partial charge in [-0.1, -0.05) is 38.9 Å². The minimum atomic E-state index is -0.767. The molecular weight excluding hydrogens is 272 g/mol. The molecule has 0 unspecified atom stereocenters. The van der Waals surface area contributed by atoms with E-state index in [2.05, 4.69) is 10.4 Å². The smallest absolute Gasteiger partial charge is 0.238 e. The van der Waals surface area contributed by atoms with Crippen molar-refractivity contribution < 1.29 is 4.79 Å². The molecule has 0 atom stereocenters. The van der Waals surface area contributed by atoms with Crippen molar-refractivity contribution in [2.24, 2.45) is 18.2 Å². The first-order chi connectivity index (χ1) is 9.37. The van der Waals surface area contributed by atoms with E-state index in [0.29, 0.717) is 18.7 Å². The van der Waals surface area contributed by atoms with Crippen LogP contribution in [0.15, 0.2) is 6.07 Å². The lowest BCUT2D eigenvalue weighted by Crippen LogP contribution is -2.46. The number of hydrogen-bond acceptors (Lipinski definition) is 3. The molecule has 0 aliphatic carbocycles. The highest BCUT2D eigenvalue weighted by Gasteiger charge is 2.40. The SMILES string of the molecule is CCCC(CCC)(C(=O)Nc1cc(C)nn1C)C(N)=S. The van der Waals surface area contributed by atoms with Gasteiger partial charge >= 0.3 is 0 Å². The third-order valence-corrected chi connectivity index (χ3v) is 3.89. The monoisotopic (exact) mass is 296 g/mol. The Kier molecular flexibility index (Phi) is 5.68. The van der Waals surface area contributed by atoms with Gasteiger partial charge in [0.25, 0.3) is 0 Å². The Balaban J connectivity index is 3.04. The van der Waals surface area contributed by atoms with Crippen molar-refractivity contribution in [2.45, 2.75) is 46.5 Å². The number of aromatic nitrogens is 2. The molecule has 0 bridgehead atoms. The molecule has 0 spiro atoms. The lowest BCUT2D eigenvalue weighted by molar-refractivity contribution is -0.122. The van der Waals surface area contributed by atoms with E-state index in [-0.39, 0.29) is 10.9 Å². The summed E-state index contributed by atoms with van der Waals surface area (Å²) in [6, 6.07) is 1.83. The topological polar surface area (TPSA) is 72.9 Å². The van der Waals surface area contributed by atoms with Gasteiger partial charge in [-0.25, -0.2) is 0 Å². The lowest BCUT2D eigenvalue weighted by atomic mass is 9.78. The first-order valence-electron chi connectivity index (χ1n) is 6.99. The number of thiocarbonyl (C=S) groups is 1. The van der Waals surface area contributed by atoms with E-state index in [1.165, 1.54) is 0 Å². The summed E-state index contributed by atoms with van der Waals surface area (Å²) in [6.45, 7) is 5.95. The van der Waals surface area contributed by atoms with Crippen molar-refractivity contribution in [3.05, 3.63) is 11.8 Å². The molecule has 112 valence electrons. The summed E-state index contributed by atoms with van der Waals surface area (Å²) in [5.41, 5.74) is 5.98. The Morgan fingerprint density at radius 1 is 1.45 bits per heavy atom. The molecule has 0 radical (unpaired) electrons. The van der Waals surface area contributed by atoms with Crippen LogP contribution in [0.3, 0.4) is 0 Å². The van der Waals surface area contributed by atoms with E-state index in [0.717, 1.165) is 18.5 Å². The van der Waals surface area contributed by atoms with Crippen LogP contribution in [0.4, 0.5) is 5.82 Å². The van der Waals surface area contributed by atoms with Crippen LogP contribution >= 0.6 is 12.2 Å². The van der Waals surface area contributed by atoms with Gasteiger partial charge in [0.2, 0.25) is 5.91 Å². The minimum absolute atomic E-state index is 0.128. The van der Waals surface area contributed by atoms with Crippen molar-refractivity contribution in [1.29, 1.82) is 0 Å². The summed E-state index contributed by atoms with van der Waals surface area (Å²) >= 11 is 5.19. The molecule has 20 heavy (non-hydrogen) atoms. The van der Waals surface area contributed by atoms with E-state index in [1.54, 1.807) is 11.7 Å². The quantitative estimate of drug-likeness (QED) is 0.758. The molecule has 1 aromatic rings. The zero-order valence-corrected chi connectivity index (χ0v) is 13.5. The van der Waals surface area contributed by atoms with Crippen LogP contribution in [0.25, 0.3) is 0 Å². The molecule has 1 heterocycles. The number of aryl methyl sites for hydroxylation is 2. The van der Waals surface area contributed by atoms with Crippen LogP contribution in [-0.2, 0) is 11.8 Å². The molecule has 0 aliphatic rings. The number of nitrogens with two attached hydrogens (primary N) is 1. The first kappa shape index (κ1) is 16.6. The van der Waals surface area contributed by atoms with Gasteiger partial charge in [-0.2, -0.15) is 5.10 Å². The summed E-state index contributed by atoms with van der Waals surface area (Å²) in [5, 5.41) is 7.14. The van der Waals surface area contributed by atoms with E-state index >= 15 is 0 Å². The molecule has 0 fully saturated rings. The van der Waals surface area contributed by atoms with Gasteiger partial charge in [0, 0.05) is 13.1 Å². The second kappa shape index (κ2) is 6.83. The fraction of sp³-hybridized carbons (Fsp3) is 0.643. The van der Waals surface area contributed by atoms with Crippen molar-refractivity contribution in [2.75, 3.05) is 5.32 Å². The van der Waals surface area contributed by atoms with E-state index in [9.17, 15) is 4.79 Å². The lowest BCUT2D eigenvalue weighted by Gasteiger charge is -2.30. The van der Waals surface area contributed by atoms with Crippen LogP contribution in [0.5, 0.6) is 0 Å². The van der Waals surface area contributed by atoms with Gasteiger partial charge in [-0.15, -0.1) is 0 Å². The highest BCUT2D eigenvalue weighted by atomic mass is 32.1. The normalized spacial score (nSPS) is 11.4. The average molecular weight is 296 g/mol. The van der Waals surface area contributed by atoms with Crippen LogP contribution in [0.1, 0.15) is 45.2 Å². The van der Waals surface area contributed by atoms with Gasteiger partial charge in [0.15, 0.2) is 0 Å². The maximum absolute atomic E-state index is 12.7. The predicted octanol–water partition coefficient (Wildman–Crippen LogP) is 2.54. The first-order valence-corrected chi connectivity index (χ1v) is 7.40. The zero-order chi connectivity index (χ0) is 15.3. The van der Waals surface area contributed by atoms with Gasteiger partial charge in [0.05, 0.1) is 16.1 Å². The van der Waals surface area contributed by atoms with E-state index < -0.39 is 5.41 Å².